The molecule has 44 heavy (non-hydrogen) atoms. The molecule has 234 valence electrons. The fraction of sp³-hybridized carbons (Fsp3) is 0.400. The predicted molar refractivity (Wildman–Crippen MR) is 155 cm³/mol. The fourth-order valence-corrected chi connectivity index (χ4v) is 4.93. The first-order valence-corrected chi connectivity index (χ1v) is 14.2. The summed E-state index contributed by atoms with van der Waals surface area (Å²) in [7, 11) is 3.44. The lowest BCUT2D eigenvalue weighted by molar-refractivity contribution is -0.139. The molecule has 0 unspecified atom stereocenters. The third-order valence-corrected chi connectivity index (χ3v) is 7.51. The van der Waals surface area contributed by atoms with Crippen molar-refractivity contribution < 1.29 is 37.0 Å². The highest BCUT2D eigenvalue weighted by Gasteiger charge is 2.37. The zero-order chi connectivity index (χ0) is 31.4. The molecule has 0 radical (unpaired) electrons. The fourth-order valence-electron chi connectivity index (χ4n) is 4.93. The van der Waals surface area contributed by atoms with E-state index in [1.807, 2.05) is 14.0 Å². The van der Waals surface area contributed by atoms with Gasteiger partial charge in [-0.05, 0) is 69.7 Å². The summed E-state index contributed by atoms with van der Waals surface area (Å²) in [6, 6.07) is 8.84. The number of nitrogens with one attached hydrogen (secondary N) is 3. The minimum absolute atomic E-state index is 0.0412. The van der Waals surface area contributed by atoms with E-state index < -0.39 is 23.5 Å². The zero-order valence-corrected chi connectivity index (χ0v) is 24.5. The maximum absolute atomic E-state index is 14.0. The Morgan fingerprint density at radius 2 is 1.95 bits per heavy atom. The van der Waals surface area contributed by atoms with Crippen LogP contribution in [0, 0.1) is 0 Å². The molecule has 14 heteroatoms. The van der Waals surface area contributed by atoms with E-state index >= 15 is 0 Å². The van der Waals surface area contributed by atoms with Crippen LogP contribution in [0.4, 0.5) is 24.8 Å². The van der Waals surface area contributed by atoms with Crippen LogP contribution in [0.15, 0.2) is 42.6 Å². The van der Waals surface area contributed by atoms with Crippen molar-refractivity contribution in [3.63, 3.8) is 0 Å². The minimum Gasteiger partial charge on any atom is -0.495 e. The average Bonchev–Trinajstić information content (AvgIpc) is 3.16. The second-order valence-corrected chi connectivity index (χ2v) is 10.6. The van der Waals surface area contributed by atoms with Crippen LogP contribution in [-0.2, 0) is 6.18 Å². The van der Waals surface area contributed by atoms with Crippen molar-refractivity contribution in [1.29, 1.82) is 0 Å². The normalized spacial score (nSPS) is 17.5. The lowest BCUT2D eigenvalue weighted by Crippen LogP contribution is -2.43. The minimum atomic E-state index is -4.86. The maximum Gasteiger partial charge on any atom is 0.423 e. The molecular formula is C30H33F3N6O5. The molecule has 2 aliphatic rings. The van der Waals surface area contributed by atoms with Crippen LogP contribution in [0.1, 0.15) is 52.5 Å². The number of aromatic nitrogens is 2. The molecule has 1 atom stereocenters. The number of amides is 2. The van der Waals surface area contributed by atoms with E-state index in [0.717, 1.165) is 25.9 Å². The second-order valence-electron chi connectivity index (χ2n) is 10.6. The van der Waals surface area contributed by atoms with Crippen molar-refractivity contribution in [3.8, 4) is 23.1 Å². The smallest absolute Gasteiger partial charge is 0.423 e. The molecule has 11 nitrogen and oxygen atoms in total. The Morgan fingerprint density at radius 1 is 1.18 bits per heavy atom. The third kappa shape index (κ3) is 6.96. The van der Waals surface area contributed by atoms with Crippen LogP contribution in [-0.4, -0.2) is 72.6 Å². The number of methoxy groups -OCH3 is 1. The van der Waals surface area contributed by atoms with E-state index in [2.05, 4.69) is 30.8 Å². The molecule has 1 saturated heterocycles. The van der Waals surface area contributed by atoms with E-state index in [1.165, 1.54) is 25.3 Å². The summed E-state index contributed by atoms with van der Waals surface area (Å²) in [5.74, 6) is -1.58. The number of hydrogen-bond acceptors (Lipinski definition) is 9. The van der Waals surface area contributed by atoms with E-state index in [-0.39, 0.29) is 53.4 Å². The van der Waals surface area contributed by atoms with E-state index in [4.69, 9.17) is 14.2 Å². The van der Waals surface area contributed by atoms with Crippen molar-refractivity contribution in [1.82, 2.24) is 25.5 Å². The number of carbonyl (C=O) groups excluding carboxylic acids is 2. The summed E-state index contributed by atoms with van der Waals surface area (Å²) in [5, 5.41) is 8.67. The number of hydrogen-bond donors (Lipinski definition) is 3. The molecule has 5 rings (SSSR count). The van der Waals surface area contributed by atoms with Gasteiger partial charge in [-0.1, -0.05) is 13.0 Å². The summed E-state index contributed by atoms with van der Waals surface area (Å²) in [5.41, 5.74) is -0.615. The topological polar surface area (TPSA) is 127 Å². The zero-order valence-electron chi connectivity index (χ0n) is 24.5. The Kier molecular flexibility index (Phi) is 9.09. The van der Waals surface area contributed by atoms with Gasteiger partial charge in [0.1, 0.15) is 35.0 Å². The van der Waals surface area contributed by atoms with Crippen LogP contribution in [0.5, 0.6) is 23.1 Å². The Balaban J connectivity index is 1.40. The molecule has 2 aliphatic heterocycles. The molecular weight excluding hydrogens is 581 g/mol. The van der Waals surface area contributed by atoms with Crippen molar-refractivity contribution in [3.05, 3.63) is 59.3 Å². The van der Waals surface area contributed by atoms with Crippen LogP contribution in [0.3, 0.4) is 0 Å². The predicted octanol–water partition coefficient (Wildman–Crippen LogP) is 4.76. The quantitative estimate of drug-likeness (QED) is 0.329. The molecule has 3 aromatic rings. The highest BCUT2D eigenvalue weighted by molar-refractivity contribution is 6.00. The standard InChI is InChI=1S/C30H33F3N6O5/c1-4-18-16-43-22-6-5-7-23(25(22)27(41)35-18)44-28-20(30(31,32)33)15-34-29(38-28)37-21-9-8-17(14-24(21)42-3)26(40)36-19-10-12-39(2)13-11-19/h5-9,14-15,18-19H,4,10-13,16H2,1-3H3,(H,35,41)(H,36,40)(H,34,37,38)/t18-/m0/s1. The molecule has 0 spiro atoms. The summed E-state index contributed by atoms with van der Waals surface area (Å²) in [6.45, 7) is 3.86. The number of rotatable bonds is 8. The Morgan fingerprint density at radius 3 is 2.66 bits per heavy atom. The van der Waals surface area contributed by atoms with Gasteiger partial charge in [-0.25, -0.2) is 4.98 Å². The number of halogens is 3. The molecule has 0 aliphatic carbocycles. The molecule has 3 N–H and O–H groups in total. The lowest BCUT2D eigenvalue weighted by Gasteiger charge is -2.29. The number of likely N-dealkylation sites (tertiary alicyclic amines) is 1. The summed E-state index contributed by atoms with van der Waals surface area (Å²) < 4.78 is 58.7. The van der Waals surface area contributed by atoms with Gasteiger partial charge in [0.15, 0.2) is 0 Å². The first-order chi connectivity index (χ1) is 21.0. The van der Waals surface area contributed by atoms with Crippen molar-refractivity contribution >= 4 is 23.5 Å². The number of piperidine rings is 1. The van der Waals surface area contributed by atoms with Crippen LogP contribution < -0.4 is 30.2 Å². The molecule has 1 aromatic heterocycles. The Labute approximate surface area is 252 Å². The van der Waals surface area contributed by atoms with Gasteiger partial charge in [0, 0.05) is 17.8 Å². The van der Waals surface area contributed by atoms with Gasteiger partial charge in [-0.2, -0.15) is 18.2 Å². The van der Waals surface area contributed by atoms with Crippen molar-refractivity contribution in [2.24, 2.45) is 0 Å². The van der Waals surface area contributed by atoms with E-state index in [9.17, 15) is 22.8 Å². The highest BCUT2D eigenvalue weighted by atomic mass is 19.4. The second kappa shape index (κ2) is 13.0. The lowest BCUT2D eigenvalue weighted by atomic mass is 10.0. The van der Waals surface area contributed by atoms with Gasteiger partial charge in [-0.15, -0.1) is 0 Å². The number of nitrogens with zero attached hydrogens (tertiary/aromatic N) is 3. The highest BCUT2D eigenvalue weighted by Crippen LogP contribution is 2.40. The van der Waals surface area contributed by atoms with E-state index in [0.29, 0.717) is 23.9 Å². The van der Waals surface area contributed by atoms with Crippen molar-refractivity contribution in [2.45, 2.75) is 44.4 Å². The van der Waals surface area contributed by atoms with Gasteiger partial charge in [-0.3, -0.25) is 9.59 Å². The van der Waals surface area contributed by atoms with E-state index in [1.54, 1.807) is 18.2 Å². The van der Waals surface area contributed by atoms with Gasteiger partial charge >= 0.3 is 6.18 Å². The van der Waals surface area contributed by atoms with Gasteiger partial charge in [0.05, 0.1) is 18.8 Å². The first kappa shape index (κ1) is 30.9. The number of fused-ring (bicyclic) bond motifs is 1. The Bertz CT molecular complexity index is 1530. The van der Waals surface area contributed by atoms with Crippen LogP contribution in [0.2, 0.25) is 0 Å². The molecule has 2 amide bonds. The molecule has 1 fully saturated rings. The van der Waals surface area contributed by atoms with Crippen molar-refractivity contribution in [2.75, 3.05) is 39.2 Å². The number of anilines is 2. The largest absolute Gasteiger partial charge is 0.495 e. The van der Waals surface area contributed by atoms with Gasteiger partial charge in [0.2, 0.25) is 11.8 Å². The summed E-state index contributed by atoms with van der Waals surface area (Å²) in [6.07, 6.45) is -1.98. The van der Waals surface area contributed by atoms with Crippen LogP contribution >= 0.6 is 0 Å². The maximum atomic E-state index is 14.0. The van der Waals surface area contributed by atoms with Crippen LogP contribution in [0.25, 0.3) is 0 Å². The summed E-state index contributed by atoms with van der Waals surface area (Å²) >= 11 is 0. The van der Waals surface area contributed by atoms with Gasteiger partial charge < -0.3 is 35.1 Å². The SMILES string of the molecule is CC[C@H]1COc2cccc(Oc3nc(Nc4ccc(C(=O)NC5CCN(C)CC5)cc4OC)ncc3C(F)(F)F)c2C(=O)N1. The monoisotopic (exact) mass is 614 g/mol. The first-order valence-electron chi connectivity index (χ1n) is 14.2. The molecule has 2 aromatic carbocycles. The Hall–Kier alpha value is -4.59. The van der Waals surface area contributed by atoms with Gasteiger partial charge in [0.25, 0.3) is 11.8 Å². The molecule has 0 saturated carbocycles. The summed E-state index contributed by atoms with van der Waals surface area (Å²) in [4.78, 5) is 35.9. The number of ether oxygens (including phenoxy) is 3. The third-order valence-electron chi connectivity index (χ3n) is 7.51. The molecule has 3 heterocycles. The number of carbonyl (C=O) groups is 2. The average molecular weight is 615 g/mol. The number of benzene rings is 2. The molecule has 0 bridgehead atoms. The number of alkyl halides is 3.